The summed E-state index contributed by atoms with van der Waals surface area (Å²) in [5.74, 6) is 1.07. The monoisotopic (exact) mass is 380 g/mol. The molecule has 24 heavy (non-hydrogen) atoms. The summed E-state index contributed by atoms with van der Waals surface area (Å²) in [6.07, 6.45) is 1.72. The Kier molecular flexibility index (Phi) is 2.75. The van der Waals surface area contributed by atoms with Crippen LogP contribution in [-0.2, 0) is 0 Å². The molecule has 0 unspecified atom stereocenters. The van der Waals surface area contributed by atoms with E-state index in [2.05, 4.69) is 46.8 Å². The van der Waals surface area contributed by atoms with Crippen molar-refractivity contribution >= 4 is 49.8 Å². The number of fused-ring (bicyclic) bond motifs is 4. The van der Waals surface area contributed by atoms with E-state index in [1.165, 1.54) is 0 Å². The molecule has 0 saturated carbocycles. The molecular formula is C17H13BrN6. The van der Waals surface area contributed by atoms with Gasteiger partial charge in [-0.15, -0.1) is 0 Å². The predicted octanol–water partition coefficient (Wildman–Crippen LogP) is 3.57. The Morgan fingerprint density at radius 2 is 2.04 bits per heavy atom. The van der Waals surface area contributed by atoms with Crippen LogP contribution in [0.2, 0.25) is 0 Å². The van der Waals surface area contributed by atoms with Gasteiger partial charge in [-0.3, -0.25) is 9.88 Å². The summed E-state index contributed by atoms with van der Waals surface area (Å²) in [5, 5.41) is 4.17. The van der Waals surface area contributed by atoms with Gasteiger partial charge in [0.05, 0.1) is 11.0 Å². The molecule has 0 spiro atoms. The number of nitrogens with one attached hydrogen (secondary N) is 2. The maximum Gasteiger partial charge on any atom is 0.212 e. The summed E-state index contributed by atoms with van der Waals surface area (Å²) in [6, 6.07) is 14.2. The summed E-state index contributed by atoms with van der Waals surface area (Å²) in [5.41, 5.74) is 10.1. The number of hydrogen-bond donors (Lipinski definition) is 3. The Hall–Kier alpha value is -2.80. The Bertz CT molecular complexity index is 1120. The predicted molar refractivity (Wildman–Crippen MR) is 99.1 cm³/mol. The van der Waals surface area contributed by atoms with Crippen molar-refractivity contribution in [1.29, 1.82) is 0 Å². The van der Waals surface area contributed by atoms with Crippen molar-refractivity contribution in [3.05, 3.63) is 58.7 Å². The number of aromatic amines is 1. The van der Waals surface area contributed by atoms with E-state index in [-0.39, 0.29) is 6.17 Å². The lowest BCUT2D eigenvalue weighted by Crippen LogP contribution is -2.31. The van der Waals surface area contributed by atoms with Crippen molar-refractivity contribution < 1.29 is 0 Å². The maximum absolute atomic E-state index is 6.01. The molecule has 0 radical (unpaired) electrons. The van der Waals surface area contributed by atoms with Gasteiger partial charge in [-0.2, -0.15) is 0 Å². The van der Waals surface area contributed by atoms with Gasteiger partial charge >= 0.3 is 0 Å². The molecule has 1 aliphatic rings. The van der Waals surface area contributed by atoms with Crippen LogP contribution in [0.3, 0.4) is 0 Å². The lowest BCUT2D eigenvalue weighted by Gasteiger charge is -2.23. The molecule has 0 aliphatic carbocycles. The number of hydrogen-bond acceptors (Lipinski definition) is 4. The van der Waals surface area contributed by atoms with Crippen LogP contribution in [0.1, 0.15) is 11.7 Å². The van der Waals surface area contributed by atoms with Crippen LogP contribution >= 0.6 is 15.9 Å². The fourth-order valence-corrected chi connectivity index (χ4v) is 3.61. The maximum atomic E-state index is 6.01. The van der Waals surface area contributed by atoms with Gasteiger partial charge < -0.3 is 10.7 Å². The fraction of sp³-hybridized carbons (Fsp3) is 0.0588. The zero-order valence-corrected chi connectivity index (χ0v) is 14.1. The number of benzene rings is 2. The fourth-order valence-electron chi connectivity index (χ4n) is 3.25. The van der Waals surface area contributed by atoms with Crippen LogP contribution in [0.15, 0.2) is 58.1 Å². The quantitative estimate of drug-likeness (QED) is 0.471. The van der Waals surface area contributed by atoms with Gasteiger partial charge in [0.2, 0.25) is 5.95 Å². The van der Waals surface area contributed by atoms with Gasteiger partial charge in [0.1, 0.15) is 0 Å². The van der Waals surface area contributed by atoms with Crippen LogP contribution in [0.4, 0.5) is 5.95 Å². The van der Waals surface area contributed by atoms with Crippen molar-refractivity contribution in [2.75, 3.05) is 5.32 Å². The van der Waals surface area contributed by atoms with Crippen LogP contribution in [0, 0.1) is 0 Å². The number of H-pyrrole nitrogens is 1. The highest BCUT2D eigenvalue weighted by atomic mass is 79.9. The molecule has 0 fully saturated rings. The minimum atomic E-state index is -0.267. The zero-order chi connectivity index (χ0) is 16.3. The minimum absolute atomic E-state index is 0.267. The molecule has 3 heterocycles. The lowest BCUT2D eigenvalue weighted by molar-refractivity contribution is 0.630. The molecule has 2 aromatic heterocycles. The van der Waals surface area contributed by atoms with E-state index in [0.29, 0.717) is 11.9 Å². The van der Waals surface area contributed by atoms with Crippen molar-refractivity contribution in [1.82, 2.24) is 14.5 Å². The van der Waals surface area contributed by atoms with Crippen LogP contribution in [0.25, 0.3) is 21.9 Å². The number of aromatic nitrogens is 3. The topological polar surface area (TPSA) is 84.0 Å². The Morgan fingerprint density at radius 3 is 2.96 bits per heavy atom. The number of imidazole rings is 1. The first kappa shape index (κ1) is 13.6. The van der Waals surface area contributed by atoms with Crippen molar-refractivity contribution in [3.8, 4) is 0 Å². The standard InChI is InChI=1S/C17H13BrN6/c18-9-5-6-12-10(7-9)11(8-20-12)15-22-16(19)23-17-21-13-3-1-2-4-14(13)24(15)17/h1-8,15,20H,(H3,19,21,22,23)/t15-/m1/s1. The number of rotatable bonds is 1. The molecule has 7 heteroatoms. The molecule has 4 aromatic rings. The number of nitrogens with zero attached hydrogens (tertiary/aromatic N) is 3. The first-order valence-corrected chi connectivity index (χ1v) is 8.34. The highest BCUT2D eigenvalue weighted by Crippen LogP contribution is 2.36. The summed E-state index contributed by atoms with van der Waals surface area (Å²) in [6.45, 7) is 0. The van der Waals surface area contributed by atoms with Crippen molar-refractivity contribution in [2.24, 2.45) is 10.7 Å². The average molecular weight is 381 g/mol. The van der Waals surface area contributed by atoms with Gasteiger partial charge in [0, 0.05) is 27.1 Å². The molecule has 1 aliphatic heterocycles. The van der Waals surface area contributed by atoms with Crippen LogP contribution in [0.5, 0.6) is 0 Å². The van der Waals surface area contributed by atoms with E-state index in [4.69, 9.17) is 5.73 Å². The smallest absolute Gasteiger partial charge is 0.212 e. The molecule has 5 rings (SSSR count). The molecule has 118 valence electrons. The van der Waals surface area contributed by atoms with E-state index < -0.39 is 0 Å². The number of aliphatic imine (C=N–C) groups is 1. The second-order valence-electron chi connectivity index (χ2n) is 5.74. The van der Waals surface area contributed by atoms with Gasteiger partial charge in [0.25, 0.3) is 0 Å². The Labute approximate surface area is 145 Å². The zero-order valence-electron chi connectivity index (χ0n) is 12.5. The summed E-state index contributed by atoms with van der Waals surface area (Å²) < 4.78 is 3.10. The molecule has 2 aromatic carbocycles. The molecule has 0 bridgehead atoms. The number of halogens is 1. The summed E-state index contributed by atoms with van der Waals surface area (Å²) in [4.78, 5) is 12.6. The normalized spacial score (nSPS) is 16.9. The number of para-hydroxylation sites is 2. The van der Waals surface area contributed by atoms with E-state index in [1.54, 1.807) is 0 Å². The second-order valence-corrected chi connectivity index (χ2v) is 6.66. The Balaban J connectivity index is 1.81. The molecule has 4 N–H and O–H groups in total. The number of guanidine groups is 1. The van der Waals surface area contributed by atoms with Gasteiger partial charge in [-0.05, 0) is 30.3 Å². The van der Waals surface area contributed by atoms with E-state index >= 15 is 0 Å². The highest BCUT2D eigenvalue weighted by Gasteiger charge is 2.26. The summed E-state index contributed by atoms with van der Waals surface area (Å²) in [7, 11) is 0. The highest BCUT2D eigenvalue weighted by molar-refractivity contribution is 9.10. The molecular weight excluding hydrogens is 368 g/mol. The van der Waals surface area contributed by atoms with Crippen molar-refractivity contribution in [3.63, 3.8) is 0 Å². The minimum Gasteiger partial charge on any atom is -0.370 e. The SMILES string of the molecule is NC1=N[C@@H](c2c[nH]c3ccc(Br)cc23)n2c(nc3ccccc32)N1. The van der Waals surface area contributed by atoms with Gasteiger partial charge in [-0.1, -0.05) is 28.1 Å². The van der Waals surface area contributed by atoms with Gasteiger partial charge in [-0.25, -0.2) is 9.98 Å². The second kappa shape index (κ2) is 4.85. The molecule has 0 saturated heterocycles. The largest absolute Gasteiger partial charge is 0.370 e. The first-order valence-electron chi connectivity index (χ1n) is 7.54. The van der Waals surface area contributed by atoms with E-state index in [1.807, 2.05) is 42.6 Å². The Morgan fingerprint density at radius 1 is 1.17 bits per heavy atom. The third-order valence-corrected chi connectivity index (χ3v) is 4.79. The van der Waals surface area contributed by atoms with Crippen LogP contribution in [-0.4, -0.2) is 20.5 Å². The first-order chi connectivity index (χ1) is 11.7. The molecule has 1 atom stereocenters. The number of anilines is 1. The van der Waals surface area contributed by atoms with E-state index in [9.17, 15) is 0 Å². The number of nitrogens with two attached hydrogens (primary N) is 1. The molecule has 0 amide bonds. The van der Waals surface area contributed by atoms with Crippen LogP contribution < -0.4 is 11.1 Å². The van der Waals surface area contributed by atoms with Gasteiger partial charge in [0.15, 0.2) is 12.1 Å². The summed E-state index contributed by atoms with van der Waals surface area (Å²) >= 11 is 3.55. The molecule has 6 nitrogen and oxygen atoms in total. The third kappa shape index (κ3) is 1.88. The average Bonchev–Trinajstić information content (AvgIpc) is 3.14. The lowest BCUT2D eigenvalue weighted by atomic mass is 10.1. The van der Waals surface area contributed by atoms with Crippen molar-refractivity contribution in [2.45, 2.75) is 6.17 Å². The van der Waals surface area contributed by atoms with E-state index in [0.717, 1.165) is 32.0 Å². The third-order valence-electron chi connectivity index (χ3n) is 4.30.